The van der Waals surface area contributed by atoms with Gasteiger partial charge in [-0.3, -0.25) is 4.79 Å². The van der Waals surface area contributed by atoms with Crippen LogP contribution in [0.2, 0.25) is 0 Å². The number of amides is 1. The van der Waals surface area contributed by atoms with Gasteiger partial charge in [0.05, 0.1) is 12.5 Å². The van der Waals surface area contributed by atoms with Crippen molar-refractivity contribution >= 4 is 5.91 Å². The summed E-state index contributed by atoms with van der Waals surface area (Å²) in [5.41, 5.74) is 3.46. The van der Waals surface area contributed by atoms with E-state index in [2.05, 4.69) is 36.4 Å². The van der Waals surface area contributed by atoms with Gasteiger partial charge in [0.2, 0.25) is 5.91 Å². The smallest absolute Gasteiger partial charge is 0.226 e. The van der Waals surface area contributed by atoms with Crippen molar-refractivity contribution in [3.05, 3.63) is 60.2 Å². The minimum atomic E-state index is 0.215. The van der Waals surface area contributed by atoms with Crippen molar-refractivity contribution in [3.8, 4) is 11.1 Å². The van der Waals surface area contributed by atoms with Crippen LogP contribution in [0.25, 0.3) is 11.1 Å². The van der Waals surface area contributed by atoms with E-state index in [1.54, 1.807) is 7.11 Å². The van der Waals surface area contributed by atoms with Crippen molar-refractivity contribution in [2.24, 2.45) is 0 Å². The highest BCUT2D eigenvalue weighted by atomic mass is 16.5. The highest BCUT2D eigenvalue weighted by Gasteiger charge is 2.22. The molecular weight excluding hydrogens is 286 g/mol. The SMILES string of the molecule is COC1CCN(C(=O)Cc2ccc(-c3ccccc3)cc2)CC1. The van der Waals surface area contributed by atoms with Gasteiger partial charge in [0.25, 0.3) is 0 Å². The number of nitrogens with zero attached hydrogens (tertiary/aromatic N) is 1. The lowest BCUT2D eigenvalue weighted by molar-refractivity contribution is -0.132. The van der Waals surface area contributed by atoms with Crippen LogP contribution in [0, 0.1) is 0 Å². The fourth-order valence-corrected chi connectivity index (χ4v) is 3.07. The molecule has 0 radical (unpaired) electrons. The summed E-state index contributed by atoms with van der Waals surface area (Å²) < 4.78 is 5.35. The molecule has 0 unspecified atom stereocenters. The Morgan fingerprint density at radius 3 is 2.22 bits per heavy atom. The second-order valence-electron chi connectivity index (χ2n) is 6.06. The molecule has 1 fully saturated rings. The Morgan fingerprint density at radius 1 is 1.00 bits per heavy atom. The summed E-state index contributed by atoms with van der Waals surface area (Å²) in [7, 11) is 1.75. The third-order valence-corrected chi connectivity index (χ3v) is 4.54. The molecule has 0 atom stereocenters. The first-order chi connectivity index (χ1) is 11.3. The fourth-order valence-electron chi connectivity index (χ4n) is 3.07. The molecule has 0 saturated carbocycles. The summed E-state index contributed by atoms with van der Waals surface area (Å²) in [5, 5.41) is 0. The van der Waals surface area contributed by atoms with Crippen LogP contribution in [0.3, 0.4) is 0 Å². The maximum absolute atomic E-state index is 12.4. The summed E-state index contributed by atoms with van der Waals surface area (Å²) in [4.78, 5) is 14.4. The zero-order valence-electron chi connectivity index (χ0n) is 13.6. The Kier molecular flexibility index (Phi) is 5.09. The number of methoxy groups -OCH3 is 1. The van der Waals surface area contributed by atoms with Gasteiger partial charge < -0.3 is 9.64 Å². The number of hydrogen-bond acceptors (Lipinski definition) is 2. The third-order valence-electron chi connectivity index (χ3n) is 4.54. The number of piperidine rings is 1. The minimum absolute atomic E-state index is 0.215. The molecule has 3 heteroatoms. The van der Waals surface area contributed by atoms with E-state index in [-0.39, 0.29) is 5.91 Å². The van der Waals surface area contributed by atoms with Gasteiger partial charge in [-0.15, -0.1) is 0 Å². The number of likely N-dealkylation sites (tertiary alicyclic amines) is 1. The molecule has 0 aliphatic carbocycles. The Labute approximate surface area is 137 Å². The Hall–Kier alpha value is -2.13. The second-order valence-corrected chi connectivity index (χ2v) is 6.06. The maximum atomic E-state index is 12.4. The van der Waals surface area contributed by atoms with Crippen molar-refractivity contribution in [1.82, 2.24) is 4.90 Å². The lowest BCUT2D eigenvalue weighted by Crippen LogP contribution is -2.41. The molecule has 1 aliphatic heterocycles. The Bertz CT molecular complexity index is 628. The molecule has 0 aromatic heterocycles. The Balaban J connectivity index is 1.59. The first-order valence-electron chi connectivity index (χ1n) is 8.21. The molecule has 1 heterocycles. The fraction of sp³-hybridized carbons (Fsp3) is 0.350. The molecular formula is C20H23NO2. The normalized spacial score (nSPS) is 15.6. The van der Waals surface area contributed by atoms with Crippen LogP contribution in [0.5, 0.6) is 0 Å². The largest absolute Gasteiger partial charge is 0.381 e. The van der Waals surface area contributed by atoms with Crippen LogP contribution >= 0.6 is 0 Å². The second kappa shape index (κ2) is 7.42. The summed E-state index contributed by atoms with van der Waals surface area (Å²) in [6, 6.07) is 18.6. The van der Waals surface area contributed by atoms with Crippen molar-refractivity contribution in [3.63, 3.8) is 0 Å². The molecule has 0 bridgehead atoms. The quantitative estimate of drug-likeness (QED) is 0.864. The van der Waals surface area contributed by atoms with Gasteiger partial charge in [-0.05, 0) is 29.5 Å². The molecule has 1 aliphatic rings. The van der Waals surface area contributed by atoms with Gasteiger partial charge in [-0.25, -0.2) is 0 Å². The van der Waals surface area contributed by atoms with Gasteiger partial charge in [0, 0.05) is 20.2 Å². The molecule has 3 rings (SSSR count). The monoisotopic (exact) mass is 309 g/mol. The van der Waals surface area contributed by atoms with Crippen LogP contribution in [0.15, 0.2) is 54.6 Å². The van der Waals surface area contributed by atoms with E-state index >= 15 is 0 Å². The summed E-state index contributed by atoms with van der Waals surface area (Å²) >= 11 is 0. The number of ether oxygens (including phenoxy) is 1. The Morgan fingerprint density at radius 2 is 1.61 bits per heavy atom. The van der Waals surface area contributed by atoms with Gasteiger partial charge in [0.1, 0.15) is 0 Å². The average molecular weight is 309 g/mol. The van der Waals surface area contributed by atoms with Gasteiger partial charge in [-0.2, -0.15) is 0 Å². The zero-order valence-corrected chi connectivity index (χ0v) is 13.6. The van der Waals surface area contributed by atoms with Gasteiger partial charge >= 0.3 is 0 Å². The predicted molar refractivity (Wildman–Crippen MR) is 92.2 cm³/mol. The molecule has 1 amide bonds. The van der Waals surface area contributed by atoms with E-state index in [1.165, 1.54) is 11.1 Å². The summed E-state index contributed by atoms with van der Waals surface area (Å²) in [6.07, 6.45) is 2.67. The predicted octanol–water partition coefficient (Wildman–Crippen LogP) is 3.53. The number of carbonyl (C=O) groups is 1. The lowest BCUT2D eigenvalue weighted by Gasteiger charge is -2.31. The van der Waals surface area contributed by atoms with Gasteiger partial charge in [-0.1, -0.05) is 54.6 Å². The van der Waals surface area contributed by atoms with E-state index in [1.807, 2.05) is 23.1 Å². The first kappa shape index (κ1) is 15.8. The van der Waals surface area contributed by atoms with Crippen molar-refractivity contribution < 1.29 is 9.53 Å². The number of hydrogen-bond donors (Lipinski definition) is 0. The van der Waals surface area contributed by atoms with Crippen molar-refractivity contribution in [2.45, 2.75) is 25.4 Å². The lowest BCUT2D eigenvalue weighted by atomic mass is 10.0. The molecule has 2 aromatic rings. The number of benzene rings is 2. The number of carbonyl (C=O) groups excluding carboxylic acids is 1. The molecule has 0 N–H and O–H groups in total. The first-order valence-corrected chi connectivity index (χ1v) is 8.21. The van der Waals surface area contributed by atoms with E-state index in [0.717, 1.165) is 31.5 Å². The minimum Gasteiger partial charge on any atom is -0.381 e. The summed E-state index contributed by atoms with van der Waals surface area (Å²) in [6.45, 7) is 1.61. The van der Waals surface area contributed by atoms with Crippen LogP contribution in [-0.2, 0) is 16.0 Å². The van der Waals surface area contributed by atoms with E-state index in [9.17, 15) is 4.79 Å². The summed E-state index contributed by atoms with van der Waals surface area (Å²) in [5.74, 6) is 0.215. The molecule has 1 saturated heterocycles. The molecule has 0 spiro atoms. The van der Waals surface area contributed by atoms with E-state index < -0.39 is 0 Å². The third kappa shape index (κ3) is 3.99. The number of rotatable bonds is 4. The molecule has 120 valence electrons. The topological polar surface area (TPSA) is 29.5 Å². The van der Waals surface area contributed by atoms with E-state index in [0.29, 0.717) is 12.5 Å². The van der Waals surface area contributed by atoms with Crippen LogP contribution in [-0.4, -0.2) is 37.1 Å². The molecule has 3 nitrogen and oxygen atoms in total. The van der Waals surface area contributed by atoms with Gasteiger partial charge in [0.15, 0.2) is 0 Å². The maximum Gasteiger partial charge on any atom is 0.226 e. The van der Waals surface area contributed by atoms with E-state index in [4.69, 9.17) is 4.74 Å². The molecule has 2 aromatic carbocycles. The molecule has 23 heavy (non-hydrogen) atoms. The average Bonchev–Trinajstić information content (AvgIpc) is 2.63. The highest BCUT2D eigenvalue weighted by molar-refractivity contribution is 5.79. The highest BCUT2D eigenvalue weighted by Crippen LogP contribution is 2.20. The van der Waals surface area contributed by atoms with Crippen LogP contribution in [0.4, 0.5) is 0 Å². The van der Waals surface area contributed by atoms with Crippen molar-refractivity contribution in [1.29, 1.82) is 0 Å². The van der Waals surface area contributed by atoms with Crippen molar-refractivity contribution in [2.75, 3.05) is 20.2 Å². The zero-order chi connectivity index (χ0) is 16.1. The standard InChI is InChI=1S/C20H23NO2/c1-23-19-11-13-21(14-12-19)20(22)15-16-7-9-18(10-8-16)17-5-3-2-4-6-17/h2-10,19H,11-15H2,1H3. The van der Waals surface area contributed by atoms with Crippen LogP contribution in [0.1, 0.15) is 18.4 Å². The van der Waals surface area contributed by atoms with Crippen LogP contribution < -0.4 is 0 Å².